The number of hydrogen-bond acceptors (Lipinski definition) is 8. The molecule has 1 aliphatic heterocycles. The number of halogens is 1. The van der Waals surface area contributed by atoms with Crippen molar-refractivity contribution in [3.8, 4) is 5.82 Å². The average molecular weight is 412 g/mol. The van der Waals surface area contributed by atoms with Crippen LogP contribution in [-0.4, -0.2) is 70.4 Å². The first-order valence-electron chi connectivity index (χ1n) is 8.74. The van der Waals surface area contributed by atoms with Crippen molar-refractivity contribution in [1.29, 1.82) is 0 Å². The van der Waals surface area contributed by atoms with Gasteiger partial charge in [0.25, 0.3) is 0 Å². The molecule has 1 saturated heterocycles. The molecule has 28 heavy (non-hydrogen) atoms. The summed E-state index contributed by atoms with van der Waals surface area (Å²) in [7, 11) is -3.20. The second kappa shape index (κ2) is 8.19. The highest BCUT2D eigenvalue weighted by Gasteiger charge is 2.25. The van der Waals surface area contributed by atoms with E-state index in [9.17, 15) is 17.6 Å². The second-order valence-corrected chi connectivity index (χ2v) is 8.32. The molecule has 0 aliphatic carbocycles. The van der Waals surface area contributed by atoms with Crippen LogP contribution in [-0.2, 0) is 14.8 Å². The molecule has 0 spiro atoms. The maximum absolute atomic E-state index is 14.2. The van der Waals surface area contributed by atoms with Crippen molar-refractivity contribution in [3.05, 3.63) is 30.0 Å². The van der Waals surface area contributed by atoms with Gasteiger partial charge >= 0.3 is 5.97 Å². The lowest BCUT2D eigenvalue weighted by Crippen LogP contribution is -2.42. The van der Waals surface area contributed by atoms with Gasteiger partial charge in [0.1, 0.15) is 0 Å². The minimum absolute atomic E-state index is 0.0379. The summed E-state index contributed by atoms with van der Waals surface area (Å²) in [6.07, 6.45) is 5.97. The van der Waals surface area contributed by atoms with Crippen molar-refractivity contribution < 1.29 is 22.3 Å². The predicted molar refractivity (Wildman–Crippen MR) is 98.1 cm³/mol. The van der Waals surface area contributed by atoms with Crippen LogP contribution in [0.5, 0.6) is 0 Å². The number of anilines is 1. The van der Waals surface area contributed by atoms with E-state index in [-0.39, 0.29) is 30.0 Å². The van der Waals surface area contributed by atoms with Crippen LogP contribution in [0.2, 0.25) is 0 Å². The van der Waals surface area contributed by atoms with Gasteiger partial charge in [-0.1, -0.05) is 0 Å². The van der Waals surface area contributed by atoms with E-state index < -0.39 is 21.8 Å². The van der Waals surface area contributed by atoms with Gasteiger partial charge in [0, 0.05) is 25.3 Å². The van der Waals surface area contributed by atoms with Crippen LogP contribution in [0.25, 0.3) is 5.82 Å². The van der Waals surface area contributed by atoms with Crippen molar-refractivity contribution in [1.82, 2.24) is 24.1 Å². The number of nitrogens with zero attached hydrogens (tertiary/aromatic N) is 5. The lowest BCUT2D eigenvalue weighted by atomic mass is 10.1. The maximum Gasteiger partial charge on any atom is 0.341 e. The number of piperidine rings is 1. The van der Waals surface area contributed by atoms with E-state index in [1.807, 2.05) is 0 Å². The summed E-state index contributed by atoms with van der Waals surface area (Å²) >= 11 is 0. The van der Waals surface area contributed by atoms with Crippen LogP contribution in [0.15, 0.2) is 18.6 Å². The molecule has 0 radical (unpaired) electrons. The second-order valence-electron chi connectivity index (χ2n) is 6.34. The van der Waals surface area contributed by atoms with Crippen LogP contribution in [0.1, 0.15) is 30.1 Å². The van der Waals surface area contributed by atoms with Crippen molar-refractivity contribution >= 4 is 21.9 Å². The van der Waals surface area contributed by atoms with Crippen LogP contribution in [0.3, 0.4) is 0 Å². The fourth-order valence-corrected chi connectivity index (χ4v) is 3.74. The number of rotatable bonds is 6. The standard InChI is InChI=1S/C16H21FN6O4S/c1-3-27-15(24)11-8-19-23(10-11)14-13(17)9-18-16(21-14)20-12-4-6-22(7-5-12)28(2,25)26/h8-10,12H,3-7H2,1-2H3,(H,18,20,21). The smallest absolute Gasteiger partial charge is 0.341 e. The molecule has 3 rings (SSSR count). The zero-order valence-electron chi connectivity index (χ0n) is 15.5. The van der Waals surface area contributed by atoms with Crippen molar-refractivity contribution in [2.24, 2.45) is 0 Å². The van der Waals surface area contributed by atoms with Gasteiger partial charge in [-0.25, -0.2) is 31.6 Å². The minimum Gasteiger partial charge on any atom is -0.462 e. The summed E-state index contributed by atoms with van der Waals surface area (Å²) in [6.45, 7) is 2.70. The molecule has 0 amide bonds. The Morgan fingerprint density at radius 3 is 2.71 bits per heavy atom. The highest BCUT2D eigenvalue weighted by atomic mass is 32.2. The van der Waals surface area contributed by atoms with Crippen molar-refractivity contribution in [3.63, 3.8) is 0 Å². The Hall–Kier alpha value is -2.60. The number of ether oxygens (including phenoxy) is 1. The first-order valence-corrected chi connectivity index (χ1v) is 10.6. The quantitative estimate of drug-likeness (QED) is 0.693. The summed E-state index contributed by atoms with van der Waals surface area (Å²) in [5, 5.41) is 7.06. The van der Waals surface area contributed by atoms with E-state index in [2.05, 4.69) is 20.4 Å². The molecular formula is C16H21FN6O4S. The van der Waals surface area contributed by atoms with E-state index in [1.54, 1.807) is 6.92 Å². The summed E-state index contributed by atoms with van der Waals surface area (Å²) < 4.78 is 44.8. The van der Waals surface area contributed by atoms with E-state index >= 15 is 0 Å². The Bertz CT molecular complexity index is 956. The molecule has 3 heterocycles. The third-order valence-corrected chi connectivity index (χ3v) is 5.60. The third-order valence-electron chi connectivity index (χ3n) is 4.29. The van der Waals surface area contributed by atoms with Gasteiger partial charge < -0.3 is 10.1 Å². The summed E-state index contributed by atoms with van der Waals surface area (Å²) in [5.74, 6) is -1.17. The number of esters is 1. The van der Waals surface area contributed by atoms with Crippen LogP contribution in [0.4, 0.5) is 10.3 Å². The maximum atomic E-state index is 14.2. The molecule has 1 aliphatic rings. The average Bonchev–Trinajstić information content (AvgIpc) is 3.13. The highest BCUT2D eigenvalue weighted by molar-refractivity contribution is 7.88. The molecule has 0 bridgehead atoms. The lowest BCUT2D eigenvalue weighted by Gasteiger charge is -2.30. The third kappa shape index (κ3) is 4.62. The first kappa shape index (κ1) is 20.1. The highest BCUT2D eigenvalue weighted by Crippen LogP contribution is 2.18. The molecule has 1 fully saturated rings. The van der Waals surface area contributed by atoms with Gasteiger partial charge in [-0.3, -0.25) is 0 Å². The Morgan fingerprint density at radius 1 is 1.36 bits per heavy atom. The fourth-order valence-electron chi connectivity index (χ4n) is 2.86. The Balaban J connectivity index is 1.71. The summed E-state index contributed by atoms with van der Waals surface area (Å²) in [5.41, 5.74) is 0.183. The Kier molecular flexibility index (Phi) is 5.89. The summed E-state index contributed by atoms with van der Waals surface area (Å²) in [4.78, 5) is 19.8. The number of nitrogens with one attached hydrogen (secondary N) is 1. The van der Waals surface area contributed by atoms with E-state index in [1.165, 1.54) is 23.0 Å². The molecule has 0 saturated carbocycles. The molecule has 2 aromatic rings. The predicted octanol–water partition coefficient (Wildman–Crippen LogP) is 0.814. The molecule has 1 N–H and O–H groups in total. The van der Waals surface area contributed by atoms with Crippen molar-refractivity contribution in [2.75, 3.05) is 31.3 Å². The Morgan fingerprint density at radius 2 is 2.07 bits per heavy atom. The Labute approximate surface area is 161 Å². The molecule has 152 valence electrons. The van der Waals surface area contributed by atoms with Crippen LogP contribution < -0.4 is 5.32 Å². The molecular weight excluding hydrogens is 391 g/mol. The minimum atomic E-state index is -3.20. The van der Waals surface area contributed by atoms with Gasteiger partial charge in [-0.2, -0.15) is 10.1 Å². The van der Waals surface area contributed by atoms with Crippen LogP contribution in [0, 0.1) is 5.82 Å². The topological polar surface area (TPSA) is 119 Å². The van der Waals surface area contributed by atoms with Gasteiger partial charge in [-0.15, -0.1) is 0 Å². The fraction of sp³-hybridized carbons (Fsp3) is 0.500. The summed E-state index contributed by atoms with van der Waals surface area (Å²) in [6, 6.07) is -0.0379. The monoisotopic (exact) mass is 412 g/mol. The molecule has 0 aromatic carbocycles. The molecule has 2 aromatic heterocycles. The number of carbonyl (C=O) groups is 1. The van der Waals surface area contributed by atoms with E-state index in [0.717, 1.165) is 10.9 Å². The zero-order valence-corrected chi connectivity index (χ0v) is 16.3. The number of hydrogen-bond donors (Lipinski definition) is 1. The van der Waals surface area contributed by atoms with Crippen LogP contribution >= 0.6 is 0 Å². The van der Waals surface area contributed by atoms with Gasteiger partial charge in [0.05, 0.1) is 30.8 Å². The molecule has 10 nitrogen and oxygen atoms in total. The van der Waals surface area contributed by atoms with E-state index in [4.69, 9.17) is 4.74 Å². The van der Waals surface area contributed by atoms with E-state index in [0.29, 0.717) is 25.9 Å². The van der Waals surface area contributed by atoms with Gasteiger partial charge in [0.15, 0.2) is 11.6 Å². The lowest BCUT2D eigenvalue weighted by molar-refractivity contribution is 0.0526. The van der Waals surface area contributed by atoms with Gasteiger partial charge in [0.2, 0.25) is 16.0 Å². The van der Waals surface area contributed by atoms with Crippen molar-refractivity contribution in [2.45, 2.75) is 25.8 Å². The molecule has 0 atom stereocenters. The SMILES string of the molecule is CCOC(=O)c1cnn(-c2nc(NC3CCN(S(C)(=O)=O)CC3)ncc2F)c1. The number of sulfonamides is 1. The number of carbonyl (C=O) groups excluding carboxylic acids is 1. The zero-order chi connectivity index (χ0) is 20.3. The number of aromatic nitrogens is 4. The molecule has 0 unspecified atom stereocenters. The largest absolute Gasteiger partial charge is 0.462 e. The molecule has 12 heteroatoms. The first-order chi connectivity index (χ1) is 13.3. The normalized spacial score (nSPS) is 16.1. The van der Waals surface area contributed by atoms with Gasteiger partial charge in [-0.05, 0) is 19.8 Å².